The monoisotopic (exact) mass is 131 g/mol. The molecule has 5 nitrogen and oxygen atoms in total. The molecule has 0 aliphatic carbocycles. The Bertz CT molecular complexity index is 155. The van der Waals surface area contributed by atoms with Crippen molar-refractivity contribution in [2.75, 3.05) is 0 Å². The number of hydrogen-bond donors (Lipinski definition) is 0. The van der Waals surface area contributed by atoms with Crippen molar-refractivity contribution in [3.63, 3.8) is 0 Å². The van der Waals surface area contributed by atoms with E-state index < -0.39 is 17.1 Å². The van der Waals surface area contributed by atoms with E-state index in [0.717, 1.165) is 0 Å². The molecule has 1 rings (SSSR count). The average molecular weight is 131 g/mol. The minimum atomic E-state index is -1.09. The van der Waals surface area contributed by atoms with Gasteiger partial charge < -0.3 is 4.74 Å². The molecule has 1 saturated heterocycles. The highest BCUT2D eigenvalue weighted by atomic mass is 16.7. The van der Waals surface area contributed by atoms with Gasteiger partial charge >= 0.3 is 12.2 Å². The van der Waals surface area contributed by atoms with Gasteiger partial charge in [0.15, 0.2) is 0 Å². The van der Waals surface area contributed by atoms with Gasteiger partial charge in [0.1, 0.15) is 0 Å². The molecule has 1 aliphatic heterocycles. The van der Waals surface area contributed by atoms with Crippen molar-refractivity contribution in [2.45, 2.75) is 19.1 Å². The first kappa shape index (κ1) is 6.00. The van der Waals surface area contributed by atoms with Crippen LogP contribution in [-0.4, -0.2) is 17.1 Å². The van der Waals surface area contributed by atoms with Gasteiger partial charge in [0.25, 0.3) is 0 Å². The summed E-state index contributed by atoms with van der Waals surface area (Å²) in [7, 11) is 0. The molecule has 0 aromatic heterocycles. The van der Waals surface area contributed by atoms with Crippen LogP contribution in [0.15, 0.2) is 0 Å². The Kier molecular flexibility index (Phi) is 1.33. The van der Waals surface area contributed by atoms with Crippen molar-refractivity contribution in [1.29, 1.82) is 0 Å². The van der Waals surface area contributed by atoms with Crippen LogP contribution in [0.1, 0.15) is 12.8 Å². The molecule has 0 aromatic carbocycles. The lowest BCUT2D eigenvalue weighted by Gasteiger charge is -1.96. The van der Waals surface area contributed by atoms with Gasteiger partial charge in [-0.05, 0) is 0 Å². The van der Waals surface area contributed by atoms with Crippen LogP contribution in [0, 0.1) is 10.1 Å². The SMILES string of the molecule is O=C1CCC([N+](=O)[O-])O1. The fourth-order valence-electron chi connectivity index (χ4n) is 0.659. The zero-order valence-electron chi connectivity index (χ0n) is 4.57. The van der Waals surface area contributed by atoms with E-state index in [4.69, 9.17) is 0 Å². The van der Waals surface area contributed by atoms with Crippen LogP contribution >= 0.6 is 0 Å². The Labute approximate surface area is 50.8 Å². The van der Waals surface area contributed by atoms with Crippen LogP contribution in [0.3, 0.4) is 0 Å². The predicted octanol–water partition coefficient (Wildman–Crippen LogP) is -0.0738. The largest absolute Gasteiger partial charge is 0.398 e. The molecule has 0 saturated carbocycles. The van der Waals surface area contributed by atoms with E-state index in [-0.39, 0.29) is 12.8 Å². The van der Waals surface area contributed by atoms with Crippen molar-refractivity contribution in [2.24, 2.45) is 0 Å². The van der Waals surface area contributed by atoms with Gasteiger partial charge in [-0.3, -0.25) is 14.9 Å². The average Bonchev–Trinajstić information content (AvgIpc) is 2.14. The molecule has 0 aromatic rings. The number of hydrogen-bond acceptors (Lipinski definition) is 4. The maximum atomic E-state index is 10.2. The van der Waals surface area contributed by atoms with Gasteiger partial charge in [0, 0.05) is 0 Å². The zero-order valence-corrected chi connectivity index (χ0v) is 4.57. The first-order chi connectivity index (χ1) is 4.20. The molecule has 1 unspecified atom stereocenters. The van der Waals surface area contributed by atoms with Gasteiger partial charge in [0.2, 0.25) is 0 Å². The second kappa shape index (κ2) is 2.00. The van der Waals surface area contributed by atoms with Crippen LogP contribution < -0.4 is 0 Å². The van der Waals surface area contributed by atoms with Gasteiger partial charge in [-0.1, -0.05) is 0 Å². The quantitative estimate of drug-likeness (QED) is 0.283. The minimum Gasteiger partial charge on any atom is -0.398 e. The fraction of sp³-hybridized carbons (Fsp3) is 0.750. The standard InChI is InChI=1S/C4H5NO4/c6-4-2-1-3(9-4)5(7)8/h3H,1-2H2. The lowest BCUT2D eigenvalue weighted by molar-refractivity contribution is -0.563. The van der Waals surface area contributed by atoms with Crippen LogP contribution in [0.4, 0.5) is 0 Å². The molecular weight excluding hydrogens is 126 g/mol. The molecular formula is C4H5NO4. The number of carbonyl (C=O) groups is 1. The Morgan fingerprint density at radius 2 is 2.44 bits per heavy atom. The third-order valence-corrected chi connectivity index (χ3v) is 1.10. The van der Waals surface area contributed by atoms with E-state index in [1.54, 1.807) is 0 Å². The van der Waals surface area contributed by atoms with E-state index >= 15 is 0 Å². The fourth-order valence-corrected chi connectivity index (χ4v) is 0.659. The minimum absolute atomic E-state index is 0.172. The number of esters is 1. The Balaban J connectivity index is 2.48. The molecule has 1 fully saturated rings. The van der Waals surface area contributed by atoms with Gasteiger partial charge in [-0.2, -0.15) is 0 Å². The van der Waals surface area contributed by atoms with Crippen molar-refractivity contribution in [3.8, 4) is 0 Å². The maximum absolute atomic E-state index is 10.2. The zero-order chi connectivity index (χ0) is 6.85. The van der Waals surface area contributed by atoms with Crippen molar-refractivity contribution in [1.82, 2.24) is 0 Å². The summed E-state index contributed by atoms with van der Waals surface area (Å²) in [5.74, 6) is -0.475. The molecule has 0 bridgehead atoms. The summed E-state index contributed by atoms with van der Waals surface area (Å²) in [4.78, 5) is 19.5. The smallest absolute Gasteiger partial charge is 0.356 e. The molecule has 9 heavy (non-hydrogen) atoms. The normalized spacial score (nSPS) is 25.8. The molecule has 1 heterocycles. The third-order valence-electron chi connectivity index (χ3n) is 1.10. The van der Waals surface area contributed by atoms with Crippen molar-refractivity contribution in [3.05, 3.63) is 10.1 Å². The molecule has 1 aliphatic rings. The summed E-state index contributed by atoms with van der Waals surface area (Å²) in [6.07, 6.45) is -0.699. The summed E-state index contributed by atoms with van der Waals surface area (Å²) in [6.45, 7) is 0. The van der Waals surface area contributed by atoms with E-state index in [1.807, 2.05) is 0 Å². The first-order valence-corrected chi connectivity index (χ1v) is 2.53. The highest BCUT2D eigenvalue weighted by Gasteiger charge is 2.31. The van der Waals surface area contributed by atoms with Crippen LogP contribution in [0.25, 0.3) is 0 Å². The molecule has 0 N–H and O–H groups in total. The molecule has 0 amide bonds. The number of ether oxygens (including phenoxy) is 1. The molecule has 50 valence electrons. The molecule has 0 spiro atoms. The number of rotatable bonds is 1. The first-order valence-electron chi connectivity index (χ1n) is 2.53. The summed E-state index contributed by atoms with van der Waals surface area (Å²) in [6, 6.07) is 0. The summed E-state index contributed by atoms with van der Waals surface area (Å²) < 4.78 is 4.28. The summed E-state index contributed by atoms with van der Waals surface area (Å²) in [5.41, 5.74) is 0. The summed E-state index contributed by atoms with van der Waals surface area (Å²) in [5, 5.41) is 9.88. The Morgan fingerprint density at radius 3 is 2.67 bits per heavy atom. The van der Waals surface area contributed by atoms with Gasteiger partial charge in [-0.15, -0.1) is 0 Å². The second-order valence-corrected chi connectivity index (χ2v) is 1.77. The van der Waals surface area contributed by atoms with Crippen molar-refractivity contribution >= 4 is 5.97 Å². The number of nitro groups is 1. The van der Waals surface area contributed by atoms with Crippen LogP contribution in [0.5, 0.6) is 0 Å². The van der Waals surface area contributed by atoms with E-state index in [9.17, 15) is 14.9 Å². The molecule has 0 radical (unpaired) electrons. The van der Waals surface area contributed by atoms with Crippen LogP contribution in [0.2, 0.25) is 0 Å². The van der Waals surface area contributed by atoms with E-state index in [0.29, 0.717) is 0 Å². The summed E-state index contributed by atoms with van der Waals surface area (Å²) >= 11 is 0. The predicted molar refractivity (Wildman–Crippen MR) is 26.1 cm³/mol. The Morgan fingerprint density at radius 1 is 1.78 bits per heavy atom. The van der Waals surface area contributed by atoms with Crippen molar-refractivity contribution < 1.29 is 14.5 Å². The molecule has 1 atom stereocenters. The third kappa shape index (κ3) is 1.16. The number of carbonyl (C=O) groups excluding carboxylic acids is 1. The molecule has 5 heteroatoms. The topological polar surface area (TPSA) is 69.4 Å². The lowest BCUT2D eigenvalue weighted by atomic mass is 10.3. The number of nitrogens with zero attached hydrogens (tertiary/aromatic N) is 1. The second-order valence-electron chi connectivity index (χ2n) is 1.77. The van der Waals surface area contributed by atoms with Gasteiger partial charge in [-0.25, -0.2) is 0 Å². The van der Waals surface area contributed by atoms with Crippen LogP contribution in [-0.2, 0) is 9.53 Å². The maximum Gasteiger partial charge on any atom is 0.356 e. The highest BCUT2D eigenvalue weighted by Crippen LogP contribution is 2.12. The van der Waals surface area contributed by atoms with E-state index in [1.165, 1.54) is 0 Å². The Hall–Kier alpha value is -1.13. The number of cyclic esters (lactones) is 1. The highest BCUT2D eigenvalue weighted by molar-refractivity contribution is 5.71. The van der Waals surface area contributed by atoms with E-state index in [2.05, 4.69) is 4.74 Å². The van der Waals surface area contributed by atoms with Gasteiger partial charge in [0.05, 0.1) is 17.8 Å². The lowest BCUT2D eigenvalue weighted by Crippen LogP contribution is -2.17.